The van der Waals surface area contributed by atoms with Crippen molar-refractivity contribution in [3.8, 4) is 0 Å². The largest absolute Gasteiger partial charge is 0.481 e. The van der Waals surface area contributed by atoms with E-state index in [2.05, 4.69) is 31.1 Å². The molecule has 1 amide bonds. The van der Waals surface area contributed by atoms with E-state index in [0.717, 1.165) is 18.5 Å². The lowest BCUT2D eigenvalue weighted by atomic mass is 9.79. The second kappa shape index (κ2) is 6.13. The van der Waals surface area contributed by atoms with Crippen LogP contribution in [0.25, 0.3) is 0 Å². The van der Waals surface area contributed by atoms with Gasteiger partial charge >= 0.3 is 5.97 Å². The van der Waals surface area contributed by atoms with Crippen LogP contribution in [0.4, 0.5) is 5.13 Å². The summed E-state index contributed by atoms with van der Waals surface area (Å²) in [6.07, 6.45) is 3.01. The van der Waals surface area contributed by atoms with Crippen molar-refractivity contribution in [3.63, 3.8) is 0 Å². The molecule has 0 aliphatic heterocycles. The number of carboxylic acids is 1. The molecule has 2 N–H and O–H groups in total. The van der Waals surface area contributed by atoms with Crippen LogP contribution < -0.4 is 5.32 Å². The van der Waals surface area contributed by atoms with Gasteiger partial charge in [0.05, 0.1) is 17.5 Å². The normalized spacial score (nSPS) is 22.8. The number of hydrogen-bond donors (Lipinski definition) is 2. The van der Waals surface area contributed by atoms with Crippen LogP contribution in [0.15, 0.2) is 5.38 Å². The van der Waals surface area contributed by atoms with Crippen LogP contribution in [0.5, 0.6) is 0 Å². The summed E-state index contributed by atoms with van der Waals surface area (Å²) in [5.74, 6) is -2.10. The highest BCUT2D eigenvalue weighted by Crippen LogP contribution is 2.32. The van der Waals surface area contributed by atoms with Crippen LogP contribution in [0.3, 0.4) is 0 Å². The van der Waals surface area contributed by atoms with Crippen LogP contribution in [0.1, 0.15) is 52.1 Å². The number of amides is 1. The maximum Gasteiger partial charge on any atom is 0.307 e. The molecule has 1 fully saturated rings. The molecule has 2 rings (SSSR count). The summed E-state index contributed by atoms with van der Waals surface area (Å²) in [6, 6.07) is 0. The number of nitrogens with zero attached hydrogens (tertiary/aromatic N) is 1. The number of nitrogens with one attached hydrogen (secondary N) is 1. The molecule has 0 saturated heterocycles. The molecular formula is C15H22N2O3S. The number of aliphatic carboxylic acids is 1. The Morgan fingerprint density at radius 2 is 1.90 bits per heavy atom. The quantitative estimate of drug-likeness (QED) is 0.898. The second-order valence-electron chi connectivity index (χ2n) is 6.61. The molecule has 0 radical (unpaired) electrons. The zero-order chi connectivity index (χ0) is 15.6. The summed E-state index contributed by atoms with van der Waals surface area (Å²) in [6.45, 7) is 6.19. The third-order valence-electron chi connectivity index (χ3n) is 3.92. The SMILES string of the molecule is CC(C)(C)c1csc(NC(=O)[C@@H]2CCCC[C@@H]2C(=O)O)n1. The van der Waals surface area contributed by atoms with Crippen LogP contribution >= 0.6 is 11.3 Å². The fourth-order valence-electron chi connectivity index (χ4n) is 2.61. The van der Waals surface area contributed by atoms with Gasteiger partial charge in [0.2, 0.25) is 5.91 Å². The minimum absolute atomic E-state index is 0.0616. The van der Waals surface area contributed by atoms with Gasteiger partial charge in [-0.15, -0.1) is 11.3 Å². The third kappa shape index (κ3) is 3.81. The summed E-state index contributed by atoms with van der Waals surface area (Å²) < 4.78 is 0. The van der Waals surface area contributed by atoms with Gasteiger partial charge in [-0.3, -0.25) is 9.59 Å². The van der Waals surface area contributed by atoms with Crippen molar-refractivity contribution in [2.75, 3.05) is 5.32 Å². The fourth-order valence-corrected chi connectivity index (χ4v) is 3.55. The van der Waals surface area contributed by atoms with Gasteiger partial charge in [-0.2, -0.15) is 0 Å². The number of hydrogen-bond acceptors (Lipinski definition) is 4. The van der Waals surface area contributed by atoms with Crippen LogP contribution in [0.2, 0.25) is 0 Å². The molecule has 1 saturated carbocycles. The van der Waals surface area contributed by atoms with E-state index in [9.17, 15) is 14.7 Å². The zero-order valence-electron chi connectivity index (χ0n) is 12.7. The van der Waals surface area contributed by atoms with Gasteiger partial charge in [-0.25, -0.2) is 4.98 Å². The molecule has 21 heavy (non-hydrogen) atoms. The Labute approximate surface area is 128 Å². The van der Waals surface area contributed by atoms with E-state index in [1.165, 1.54) is 11.3 Å². The van der Waals surface area contributed by atoms with Crippen molar-refractivity contribution in [2.45, 2.75) is 51.9 Å². The molecule has 116 valence electrons. The van der Waals surface area contributed by atoms with E-state index < -0.39 is 17.8 Å². The van der Waals surface area contributed by atoms with Crippen molar-refractivity contribution in [2.24, 2.45) is 11.8 Å². The molecule has 0 aromatic carbocycles. The van der Waals surface area contributed by atoms with Gasteiger partial charge in [-0.05, 0) is 12.8 Å². The number of aromatic nitrogens is 1. The first-order valence-electron chi connectivity index (χ1n) is 7.28. The highest BCUT2D eigenvalue weighted by Gasteiger charge is 2.36. The monoisotopic (exact) mass is 310 g/mol. The van der Waals surface area contributed by atoms with Crippen LogP contribution in [-0.4, -0.2) is 22.0 Å². The summed E-state index contributed by atoms with van der Waals surface area (Å²) in [7, 11) is 0. The van der Waals surface area contributed by atoms with Crippen molar-refractivity contribution in [1.82, 2.24) is 4.98 Å². The van der Waals surface area contributed by atoms with Gasteiger partial charge in [0.1, 0.15) is 0 Å². The van der Waals surface area contributed by atoms with Gasteiger partial charge < -0.3 is 10.4 Å². The zero-order valence-corrected chi connectivity index (χ0v) is 13.5. The average molecular weight is 310 g/mol. The number of anilines is 1. The molecular weight excluding hydrogens is 288 g/mol. The highest BCUT2D eigenvalue weighted by molar-refractivity contribution is 7.13. The molecule has 2 atom stereocenters. The summed E-state index contributed by atoms with van der Waals surface area (Å²) >= 11 is 1.39. The molecule has 5 nitrogen and oxygen atoms in total. The maximum atomic E-state index is 12.3. The van der Waals surface area contributed by atoms with Gasteiger partial charge in [0, 0.05) is 10.8 Å². The van der Waals surface area contributed by atoms with Gasteiger partial charge in [0.25, 0.3) is 0 Å². The number of carbonyl (C=O) groups is 2. The van der Waals surface area contributed by atoms with E-state index in [4.69, 9.17) is 0 Å². The van der Waals surface area contributed by atoms with E-state index in [1.54, 1.807) is 0 Å². The van der Waals surface area contributed by atoms with E-state index in [1.807, 2.05) is 5.38 Å². The second-order valence-corrected chi connectivity index (χ2v) is 7.47. The average Bonchev–Trinajstić information content (AvgIpc) is 2.87. The predicted molar refractivity (Wildman–Crippen MR) is 82.5 cm³/mol. The predicted octanol–water partition coefficient (Wildman–Crippen LogP) is 3.27. The van der Waals surface area contributed by atoms with Gasteiger partial charge in [0.15, 0.2) is 5.13 Å². The Hall–Kier alpha value is -1.43. The molecule has 1 aliphatic rings. The summed E-state index contributed by atoms with van der Waals surface area (Å²) in [5, 5.41) is 14.5. The third-order valence-corrected chi connectivity index (χ3v) is 4.68. The Kier molecular flexibility index (Phi) is 4.66. The summed E-state index contributed by atoms with van der Waals surface area (Å²) in [5.41, 5.74) is 0.870. The highest BCUT2D eigenvalue weighted by atomic mass is 32.1. The number of thiazole rings is 1. The molecule has 1 heterocycles. The first-order valence-corrected chi connectivity index (χ1v) is 8.16. The topological polar surface area (TPSA) is 79.3 Å². The molecule has 0 bridgehead atoms. The van der Waals surface area contributed by atoms with Crippen molar-refractivity contribution in [1.29, 1.82) is 0 Å². The standard InChI is InChI=1S/C15H22N2O3S/c1-15(2,3)11-8-21-14(16-11)17-12(18)9-6-4-5-7-10(9)13(19)20/h8-10H,4-7H2,1-3H3,(H,19,20)(H,16,17,18)/t9-,10+/m1/s1. The van der Waals surface area contributed by atoms with Crippen LogP contribution in [-0.2, 0) is 15.0 Å². The summed E-state index contributed by atoms with van der Waals surface area (Å²) in [4.78, 5) is 28.0. The van der Waals surface area contributed by atoms with Crippen molar-refractivity contribution >= 4 is 28.3 Å². The minimum atomic E-state index is -0.871. The van der Waals surface area contributed by atoms with E-state index in [0.29, 0.717) is 18.0 Å². The number of rotatable bonds is 3. The molecule has 0 unspecified atom stereocenters. The molecule has 1 aromatic heterocycles. The first kappa shape index (κ1) is 15.9. The Morgan fingerprint density at radius 1 is 1.29 bits per heavy atom. The Bertz CT molecular complexity index is 533. The minimum Gasteiger partial charge on any atom is -0.481 e. The smallest absolute Gasteiger partial charge is 0.307 e. The lowest BCUT2D eigenvalue weighted by Crippen LogP contribution is -2.36. The lowest BCUT2D eigenvalue weighted by molar-refractivity contribution is -0.147. The Balaban J connectivity index is 2.06. The Morgan fingerprint density at radius 3 is 2.43 bits per heavy atom. The molecule has 0 spiro atoms. The van der Waals surface area contributed by atoms with Gasteiger partial charge in [-0.1, -0.05) is 33.6 Å². The van der Waals surface area contributed by atoms with E-state index >= 15 is 0 Å². The fraction of sp³-hybridized carbons (Fsp3) is 0.667. The van der Waals surface area contributed by atoms with Crippen molar-refractivity contribution < 1.29 is 14.7 Å². The molecule has 1 aromatic rings. The lowest BCUT2D eigenvalue weighted by Gasteiger charge is -2.27. The maximum absolute atomic E-state index is 12.3. The first-order chi connectivity index (χ1) is 9.79. The molecule has 1 aliphatic carbocycles. The van der Waals surface area contributed by atoms with E-state index in [-0.39, 0.29) is 11.3 Å². The number of carboxylic acid groups (broad SMARTS) is 1. The van der Waals surface area contributed by atoms with Crippen molar-refractivity contribution in [3.05, 3.63) is 11.1 Å². The number of carbonyl (C=O) groups excluding carboxylic acids is 1. The molecule has 6 heteroatoms. The van der Waals surface area contributed by atoms with Crippen LogP contribution in [0, 0.1) is 11.8 Å².